The number of rotatable bonds is 9. The molecule has 13 nitrogen and oxygen atoms in total. The van der Waals surface area contributed by atoms with Crippen molar-refractivity contribution >= 4 is 46.2 Å². The van der Waals surface area contributed by atoms with Gasteiger partial charge in [0.25, 0.3) is 11.6 Å². The van der Waals surface area contributed by atoms with Gasteiger partial charge in [-0.25, -0.2) is 9.97 Å². The van der Waals surface area contributed by atoms with Crippen molar-refractivity contribution in [2.24, 2.45) is 0 Å². The first-order valence-corrected chi connectivity index (χ1v) is 10.8. The number of amides is 1. The zero-order valence-electron chi connectivity index (χ0n) is 18.6. The van der Waals surface area contributed by atoms with Crippen LogP contribution in [0.1, 0.15) is 10.4 Å². The number of hydrazine groups is 1. The maximum atomic E-state index is 12.4. The maximum Gasteiger partial charge on any atom is 0.355 e. The summed E-state index contributed by atoms with van der Waals surface area (Å²) in [7, 11) is 0. The monoisotopic (exact) mass is 521 g/mol. The molecule has 0 atom stereocenters. The predicted molar refractivity (Wildman–Crippen MR) is 134 cm³/mol. The summed E-state index contributed by atoms with van der Waals surface area (Å²) in [6.45, 7) is 0. The summed E-state index contributed by atoms with van der Waals surface area (Å²) >= 11 is 5.76. The molecule has 0 saturated carbocycles. The van der Waals surface area contributed by atoms with Crippen LogP contribution in [-0.4, -0.2) is 25.7 Å². The van der Waals surface area contributed by atoms with E-state index in [9.17, 15) is 25.0 Å². The fourth-order valence-electron chi connectivity index (χ4n) is 3.08. The van der Waals surface area contributed by atoms with E-state index in [-0.39, 0.29) is 22.2 Å². The lowest BCUT2D eigenvalue weighted by Crippen LogP contribution is -2.30. The molecule has 0 aliphatic rings. The maximum absolute atomic E-state index is 12.4. The topological polar surface area (TPSA) is 174 Å². The van der Waals surface area contributed by atoms with Crippen molar-refractivity contribution in [1.82, 2.24) is 15.4 Å². The number of hydrogen-bond donors (Lipinski definition) is 3. The van der Waals surface area contributed by atoms with Gasteiger partial charge in [-0.05, 0) is 48.5 Å². The van der Waals surface area contributed by atoms with E-state index >= 15 is 0 Å². The van der Waals surface area contributed by atoms with Crippen molar-refractivity contribution in [2.45, 2.75) is 0 Å². The quantitative estimate of drug-likeness (QED) is 0.195. The first-order chi connectivity index (χ1) is 17.8. The molecule has 1 aromatic heterocycles. The van der Waals surface area contributed by atoms with E-state index in [2.05, 4.69) is 26.1 Å². The van der Waals surface area contributed by atoms with Gasteiger partial charge in [-0.15, -0.1) is 0 Å². The number of halogens is 1. The summed E-state index contributed by atoms with van der Waals surface area (Å²) in [6, 6.07) is 19.2. The highest BCUT2D eigenvalue weighted by molar-refractivity contribution is 6.32. The molecule has 0 aliphatic carbocycles. The van der Waals surface area contributed by atoms with Crippen LogP contribution in [0.25, 0.3) is 0 Å². The number of nitrogens with zero attached hydrogens (tertiary/aromatic N) is 4. The summed E-state index contributed by atoms with van der Waals surface area (Å²) in [4.78, 5) is 41.6. The molecule has 0 aliphatic heterocycles. The normalized spacial score (nSPS) is 10.3. The molecule has 3 aromatic carbocycles. The first kappa shape index (κ1) is 24.8. The Kier molecular flexibility index (Phi) is 7.35. The van der Waals surface area contributed by atoms with E-state index in [1.54, 1.807) is 36.4 Å². The zero-order valence-corrected chi connectivity index (χ0v) is 19.4. The van der Waals surface area contributed by atoms with Gasteiger partial charge in [0.1, 0.15) is 22.8 Å². The number of anilines is 3. The Hall–Kier alpha value is -5.30. The van der Waals surface area contributed by atoms with Crippen LogP contribution in [0.4, 0.5) is 28.7 Å². The molecule has 0 saturated heterocycles. The Morgan fingerprint density at radius 1 is 0.865 bits per heavy atom. The number of nitro benzene ring substituents is 1. The van der Waals surface area contributed by atoms with Crippen molar-refractivity contribution < 1.29 is 19.4 Å². The Morgan fingerprint density at radius 3 is 2.22 bits per heavy atom. The van der Waals surface area contributed by atoms with Gasteiger partial charge in [0.15, 0.2) is 0 Å². The molecule has 186 valence electrons. The fraction of sp³-hybridized carbons (Fsp3) is 0. The Bertz CT molecular complexity index is 1470. The molecular weight excluding hydrogens is 506 g/mol. The van der Waals surface area contributed by atoms with Crippen LogP contribution in [0, 0.1) is 20.2 Å². The van der Waals surface area contributed by atoms with Gasteiger partial charge in [-0.1, -0.05) is 29.8 Å². The molecule has 0 radical (unpaired) electrons. The summed E-state index contributed by atoms with van der Waals surface area (Å²) in [6.07, 6.45) is 1.06. The Labute approximate surface area is 213 Å². The van der Waals surface area contributed by atoms with E-state index in [1.165, 1.54) is 12.1 Å². The number of carbonyl (C=O) groups is 1. The average molecular weight is 522 g/mol. The number of carbonyl (C=O) groups excluding carboxylic acids is 1. The third-order valence-corrected chi connectivity index (χ3v) is 5.12. The second-order valence-corrected chi connectivity index (χ2v) is 7.65. The molecule has 14 heteroatoms. The molecular formula is C23H16ClN7O6. The highest BCUT2D eigenvalue weighted by atomic mass is 35.5. The van der Waals surface area contributed by atoms with Gasteiger partial charge in [0.2, 0.25) is 11.6 Å². The van der Waals surface area contributed by atoms with E-state index in [0.717, 1.165) is 12.4 Å². The largest absolute Gasteiger partial charge is 0.457 e. The standard InChI is InChI=1S/C23H16ClN7O6/c24-18-11-6-14(12-19(18)30(33)34)23(32)29-28-22-20(31(35)36)21(25-13-26-22)27-15-7-9-17(10-8-15)37-16-4-2-1-3-5-16/h1-13H,(H,29,32)(H2,25,26,27,28). The zero-order chi connectivity index (χ0) is 26.4. The molecule has 37 heavy (non-hydrogen) atoms. The van der Waals surface area contributed by atoms with Crippen molar-refractivity contribution in [2.75, 3.05) is 10.7 Å². The van der Waals surface area contributed by atoms with E-state index in [1.807, 2.05) is 18.2 Å². The number of benzene rings is 3. The first-order valence-electron chi connectivity index (χ1n) is 10.4. The van der Waals surface area contributed by atoms with Gasteiger partial charge in [0.05, 0.1) is 9.85 Å². The smallest absolute Gasteiger partial charge is 0.355 e. The van der Waals surface area contributed by atoms with Crippen LogP contribution in [-0.2, 0) is 0 Å². The van der Waals surface area contributed by atoms with Crippen LogP contribution in [0.15, 0.2) is 79.1 Å². The SMILES string of the molecule is O=C(NNc1ncnc(Nc2ccc(Oc3ccccc3)cc2)c1[N+](=O)[O-])c1ccc(Cl)c([N+](=O)[O-])c1. The Balaban J connectivity index is 1.49. The van der Waals surface area contributed by atoms with Gasteiger partial charge in [-0.3, -0.25) is 35.9 Å². The van der Waals surface area contributed by atoms with Crippen molar-refractivity contribution in [3.63, 3.8) is 0 Å². The summed E-state index contributed by atoms with van der Waals surface area (Å²) in [5.74, 6) is -0.0581. The number of hydrogen-bond acceptors (Lipinski definition) is 10. The third-order valence-electron chi connectivity index (χ3n) is 4.80. The lowest BCUT2D eigenvalue weighted by atomic mass is 10.2. The average Bonchev–Trinajstić information content (AvgIpc) is 2.89. The van der Waals surface area contributed by atoms with E-state index < -0.39 is 27.1 Å². The number of nitro groups is 2. The minimum atomic E-state index is -0.809. The van der Waals surface area contributed by atoms with Crippen LogP contribution in [0.3, 0.4) is 0 Å². The van der Waals surface area contributed by atoms with Crippen LogP contribution in [0.5, 0.6) is 11.5 Å². The van der Waals surface area contributed by atoms with Crippen LogP contribution in [0.2, 0.25) is 5.02 Å². The predicted octanol–water partition coefficient (Wildman–Crippen LogP) is 5.24. The summed E-state index contributed by atoms with van der Waals surface area (Å²) < 4.78 is 5.73. The van der Waals surface area contributed by atoms with E-state index in [0.29, 0.717) is 17.2 Å². The Morgan fingerprint density at radius 2 is 1.54 bits per heavy atom. The molecule has 4 aromatic rings. The van der Waals surface area contributed by atoms with Crippen molar-refractivity contribution in [1.29, 1.82) is 0 Å². The number of ether oxygens (including phenoxy) is 1. The molecule has 1 heterocycles. The second-order valence-electron chi connectivity index (χ2n) is 7.24. The highest BCUT2D eigenvalue weighted by Gasteiger charge is 2.24. The van der Waals surface area contributed by atoms with Gasteiger partial charge in [0, 0.05) is 17.3 Å². The van der Waals surface area contributed by atoms with Crippen molar-refractivity contribution in [3.05, 3.63) is 110 Å². The van der Waals surface area contributed by atoms with E-state index in [4.69, 9.17) is 16.3 Å². The number of aromatic nitrogens is 2. The minimum Gasteiger partial charge on any atom is -0.457 e. The molecule has 4 rings (SSSR count). The van der Waals surface area contributed by atoms with Crippen LogP contribution < -0.4 is 20.9 Å². The number of para-hydroxylation sites is 1. The fourth-order valence-corrected chi connectivity index (χ4v) is 3.27. The van der Waals surface area contributed by atoms with Gasteiger partial charge in [-0.2, -0.15) is 0 Å². The van der Waals surface area contributed by atoms with Crippen molar-refractivity contribution in [3.8, 4) is 11.5 Å². The molecule has 0 fully saturated rings. The minimum absolute atomic E-state index is 0.100. The summed E-state index contributed by atoms with van der Waals surface area (Å²) in [5.41, 5.74) is 3.95. The van der Waals surface area contributed by atoms with Gasteiger partial charge >= 0.3 is 5.69 Å². The second kappa shape index (κ2) is 11.0. The number of nitrogens with one attached hydrogen (secondary N) is 3. The molecule has 1 amide bonds. The molecule has 0 spiro atoms. The lowest BCUT2D eigenvalue weighted by molar-refractivity contribution is -0.384. The van der Waals surface area contributed by atoms with Crippen LogP contribution >= 0.6 is 11.6 Å². The molecule has 3 N–H and O–H groups in total. The summed E-state index contributed by atoms with van der Waals surface area (Å²) in [5, 5.41) is 25.5. The lowest BCUT2D eigenvalue weighted by Gasteiger charge is -2.11. The third kappa shape index (κ3) is 6.04. The van der Waals surface area contributed by atoms with Gasteiger partial charge < -0.3 is 10.1 Å². The molecule has 0 bridgehead atoms. The highest BCUT2D eigenvalue weighted by Crippen LogP contribution is 2.32. The molecule has 0 unspecified atom stereocenters.